The van der Waals surface area contributed by atoms with Crippen LogP contribution in [0.1, 0.15) is 18.9 Å². The highest BCUT2D eigenvalue weighted by Crippen LogP contribution is 2.19. The molecule has 0 saturated heterocycles. The van der Waals surface area contributed by atoms with E-state index in [2.05, 4.69) is 5.10 Å². The lowest BCUT2D eigenvalue weighted by molar-refractivity contribution is 0.621. The van der Waals surface area contributed by atoms with Gasteiger partial charge in [-0.3, -0.25) is 9.36 Å². The molecule has 2 aromatic carbocycles. The van der Waals surface area contributed by atoms with Crippen molar-refractivity contribution in [2.45, 2.75) is 26.4 Å². The zero-order valence-electron chi connectivity index (χ0n) is 14.8. The molecule has 0 unspecified atom stereocenters. The van der Waals surface area contributed by atoms with Crippen LogP contribution in [0.25, 0.3) is 16.7 Å². The minimum Gasteiger partial charge on any atom is -0.276 e. The molecule has 0 aliphatic rings. The smallest absolute Gasteiger partial charge is 0.276 e. The van der Waals surface area contributed by atoms with Crippen LogP contribution in [0.5, 0.6) is 0 Å². The van der Waals surface area contributed by atoms with Crippen molar-refractivity contribution in [2.24, 2.45) is 0 Å². The Morgan fingerprint density at radius 3 is 2.61 bits per heavy atom. The van der Waals surface area contributed by atoms with Gasteiger partial charge in [0.2, 0.25) is 5.78 Å². The molecule has 0 aliphatic heterocycles. The summed E-state index contributed by atoms with van der Waals surface area (Å²) in [5.41, 5.74) is 0.257. The Balaban J connectivity index is 2.02. The van der Waals surface area contributed by atoms with Crippen LogP contribution in [0.3, 0.4) is 0 Å². The highest BCUT2D eigenvalue weighted by Gasteiger charge is 2.18. The monoisotopic (exact) mass is 420 g/mol. The van der Waals surface area contributed by atoms with Crippen LogP contribution in [0.2, 0.25) is 10.0 Å². The van der Waals surface area contributed by atoms with Gasteiger partial charge in [-0.25, -0.2) is 18.3 Å². The zero-order valence-corrected chi connectivity index (χ0v) is 16.3. The van der Waals surface area contributed by atoms with E-state index in [1.807, 2.05) is 6.92 Å². The summed E-state index contributed by atoms with van der Waals surface area (Å²) in [5.74, 6) is -0.238. The van der Waals surface area contributed by atoms with Gasteiger partial charge in [-0.2, -0.15) is 0 Å². The minimum atomic E-state index is -0.464. The molecule has 2 heterocycles. The topological polar surface area (TPSA) is 61.3 Å². The molecular weight excluding hydrogens is 406 g/mol. The Bertz CT molecular complexity index is 1340. The molecule has 0 aliphatic carbocycles. The summed E-state index contributed by atoms with van der Waals surface area (Å²) in [6.45, 7) is 2.39. The Labute approximate surface area is 168 Å². The number of aryl methyl sites for hydroxylation is 1. The van der Waals surface area contributed by atoms with Crippen LogP contribution in [0, 0.1) is 5.82 Å². The van der Waals surface area contributed by atoms with Gasteiger partial charge in [-0.15, -0.1) is 5.10 Å². The summed E-state index contributed by atoms with van der Waals surface area (Å²) >= 11 is 12.2. The molecule has 28 heavy (non-hydrogen) atoms. The summed E-state index contributed by atoms with van der Waals surface area (Å²) < 4.78 is 17.4. The molecule has 0 bridgehead atoms. The van der Waals surface area contributed by atoms with E-state index >= 15 is 0 Å². The maximum absolute atomic E-state index is 13.3. The fourth-order valence-corrected chi connectivity index (χ4v) is 3.62. The lowest BCUT2D eigenvalue weighted by Crippen LogP contribution is -2.26. The number of hydrogen-bond donors (Lipinski definition) is 0. The number of aromatic nitrogens is 4. The Morgan fingerprint density at radius 2 is 1.89 bits per heavy atom. The second-order valence-corrected chi connectivity index (χ2v) is 7.27. The summed E-state index contributed by atoms with van der Waals surface area (Å²) in [7, 11) is 0. The first kappa shape index (κ1) is 18.7. The quantitative estimate of drug-likeness (QED) is 0.505. The van der Waals surface area contributed by atoms with Gasteiger partial charge in [0.15, 0.2) is 0 Å². The first-order valence-electron chi connectivity index (χ1n) is 8.66. The largest absolute Gasteiger partial charge is 0.352 e. The van der Waals surface area contributed by atoms with E-state index in [0.29, 0.717) is 34.5 Å². The molecule has 0 fully saturated rings. The van der Waals surface area contributed by atoms with E-state index in [9.17, 15) is 14.0 Å². The van der Waals surface area contributed by atoms with Crippen molar-refractivity contribution >= 4 is 39.9 Å². The minimum absolute atomic E-state index is 0.0437. The third-order valence-electron chi connectivity index (χ3n) is 4.52. The van der Waals surface area contributed by atoms with Gasteiger partial charge < -0.3 is 0 Å². The third kappa shape index (κ3) is 3.00. The van der Waals surface area contributed by atoms with Crippen LogP contribution in [0.4, 0.5) is 4.39 Å². The Morgan fingerprint density at radius 1 is 1.11 bits per heavy atom. The SMILES string of the molecule is CCCn1c(=O)c2ccc(Cl)cc2n2c(=O)n(Cc3ccc(F)cc3Cl)nc12. The first-order valence-corrected chi connectivity index (χ1v) is 9.42. The van der Waals surface area contributed by atoms with Crippen molar-refractivity contribution in [3.8, 4) is 0 Å². The Kier molecular flexibility index (Phi) is 4.72. The summed E-state index contributed by atoms with van der Waals surface area (Å²) in [4.78, 5) is 26.0. The Hall–Kier alpha value is -2.64. The molecule has 0 saturated carbocycles. The average molecular weight is 421 g/mol. The molecule has 0 radical (unpaired) electrons. The second-order valence-electron chi connectivity index (χ2n) is 6.43. The number of rotatable bonds is 4. The predicted octanol–water partition coefficient (Wildman–Crippen LogP) is 3.72. The van der Waals surface area contributed by atoms with Crippen LogP contribution in [-0.2, 0) is 13.1 Å². The molecule has 0 atom stereocenters. The summed E-state index contributed by atoms with van der Waals surface area (Å²) in [6.07, 6.45) is 0.694. The molecular formula is C19H15Cl2FN4O2. The lowest BCUT2D eigenvalue weighted by Gasteiger charge is -2.08. The molecule has 144 valence electrons. The number of nitrogens with zero attached hydrogens (tertiary/aromatic N) is 4. The van der Waals surface area contributed by atoms with Gasteiger partial charge in [0.05, 0.1) is 17.4 Å². The average Bonchev–Trinajstić information content (AvgIpc) is 2.97. The van der Waals surface area contributed by atoms with E-state index in [1.165, 1.54) is 31.8 Å². The van der Waals surface area contributed by atoms with Crippen LogP contribution < -0.4 is 11.2 Å². The number of benzene rings is 2. The van der Waals surface area contributed by atoms with Crippen molar-refractivity contribution in [3.63, 3.8) is 0 Å². The molecule has 4 rings (SSSR count). The van der Waals surface area contributed by atoms with Crippen molar-refractivity contribution in [1.82, 2.24) is 18.7 Å². The molecule has 0 spiro atoms. The maximum atomic E-state index is 13.3. The lowest BCUT2D eigenvalue weighted by atomic mass is 10.2. The van der Waals surface area contributed by atoms with Crippen molar-refractivity contribution in [2.75, 3.05) is 0 Å². The molecule has 0 amide bonds. The fraction of sp³-hybridized carbons (Fsp3) is 0.211. The molecule has 6 nitrogen and oxygen atoms in total. The maximum Gasteiger partial charge on any atom is 0.352 e. The standard InChI is InChI=1S/C19H15Cl2FN4O2/c1-2-7-24-17(27)14-6-4-12(20)8-16(14)26-18(24)23-25(19(26)28)10-11-3-5-13(22)9-15(11)21/h3-6,8-9H,2,7,10H2,1H3. The number of hydrogen-bond acceptors (Lipinski definition) is 3. The molecule has 4 aromatic rings. The van der Waals surface area contributed by atoms with Crippen molar-refractivity contribution in [3.05, 3.63) is 78.7 Å². The second kappa shape index (κ2) is 7.07. The predicted molar refractivity (Wildman–Crippen MR) is 107 cm³/mol. The number of halogens is 3. The van der Waals surface area contributed by atoms with Gasteiger partial charge in [0.1, 0.15) is 5.82 Å². The van der Waals surface area contributed by atoms with Crippen molar-refractivity contribution in [1.29, 1.82) is 0 Å². The fourth-order valence-electron chi connectivity index (χ4n) is 3.23. The van der Waals surface area contributed by atoms with Gasteiger partial charge in [-0.1, -0.05) is 36.2 Å². The van der Waals surface area contributed by atoms with Crippen molar-refractivity contribution < 1.29 is 4.39 Å². The third-order valence-corrected chi connectivity index (χ3v) is 5.11. The summed E-state index contributed by atoms with van der Waals surface area (Å²) in [6, 6.07) is 8.74. The van der Waals surface area contributed by atoms with Crippen LogP contribution in [-0.4, -0.2) is 18.7 Å². The first-order chi connectivity index (χ1) is 13.4. The summed E-state index contributed by atoms with van der Waals surface area (Å²) in [5, 5.41) is 5.35. The van der Waals surface area contributed by atoms with Crippen LogP contribution in [0.15, 0.2) is 46.0 Å². The van der Waals surface area contributed by atoms with Gasteiger partial charge >= 0.3 is 5.69 Å². The molecule has 2 aromatic heterocycles. The molecule has 9 heteroatoms. The number of fused-ring (bicyclic) bond motifs is 3. The van der Waals surface area contributed by atoms with Gasteiger partial charge in [-0.05, 0) is 42.3 Å². The van der Waals surface area contributed by atoms with E-state index in [4.69, 9.17) is 23.2 Å². The van der Waals surface area contributed by atoms with E-state index < -0.39 is 11.5 Å². The van der Waals surface area contributed by atoms with Gasteiger partial charge in [0.25, 0.3) is 5.56 Å². The van der Waals surface area contributed by atoms with Crippen LogP contribution >= 0.6 is 23.2 Å². The highest BCUT2D eigenvalue weighted by atomic mass is 35.5. The molecule has 0 N–H and O–H groups in total. The zero-order chi connectivity index (χ0) is 20.0. The van der Waals surface area contributed by atoms with E-state index in [-0.39, 0.29) is 22.9 Å². The highest BCUT2D eigenvalue weighted by molar-refractivity contribution is 6.31. The normalized spacial score (nSPS) is 11.6. The van der Waals surface area contributed by atoms with E-state index in [0.717, 1.165) is 0 Å². The van der Waals surface area contributed by atoms with E-state index in [1.54, 1.807) is 18.2 Å². The van der Waals surface area contributed by atoms with Gasteiger partial charge in [0, 0.05) is 16.6 Å².